The van der Waals surface area contributed by atoms with Gasteiger partial charge < -0.3 is 20.3 Å². The van der Waals surface area contributed by atoms with Gasteiger partial charge in [-0.25, -0.2) is 4.79 Å². The standard InChI is InChI=1S/C24H39N3O4/c1-9-10-15-27(22(29)18(5)26-23(30)31-24(6,7)8)20(21(28)25-16(2)3)19-13-11-17(4)12-14-19/h11-14,16,18,20H,9-10,15H2,1-8H3,(H,25,28)(H,26,30). The number of alkyl carbamates (subject to hydrolysis) is 1. The summed E-state index contributed by atoms with van der Waals surface area (Å²) in [6, 6.07) is 5.90. The largest absolute Gasteiger partial charge is 0.444 e. The molecule has 0 heterocycles. The first-order chi connectivity index (χ1) is 14.4. The maximum atomic E-state index is 13.4. The minimum absolute atomic E-state index is 0.0686. The van der Waals surface area contributed by atoms with Crippen LogP contribution >= 0.6 is 0 Å². The van der Waals surface area contributed by atoms with Crippen LogP contribution in [0.5, 0.6) is 0 Å². The van der Waals surface area contributed by atoms with Crippen LogP contribution in [0.15, 0.2) is 24.3 Å². The highest BCUT2D eigenvalue weighted by molar-refractivity contribution is 5.92. The Morgan fingerprint density at radius 3 is 2.10 bits per heavy atom. The molecule has 0 aromatic heterocycles. The predicted molar refractivity (Wildman–Crippen MR) is 123 cm³/mol. The van der Waals surface area contributed by atoms with Crippen molar-refractivity contribution < 1.29 is 19.1 Å². The highest BCUT2D eigenvalue weighted by Crippen LogP contribution is 2.24. The Morgan fingerprint density at radius 2 is 1.61 bits per heavy atom. The summed E-state index contributed by atoms with van der Waals surface area (Å²) in [6.07, 6.45) is 0.939. The lowest BCUT2D eigenvalue weighted by atomic mass is 10.0. The third-order valence-corrected chi connectivity index (χ3v) is 4.52. The minimum Gasteiger partial charge on any atom is -0.444 e. The molecule has 0 aliphatic heterocycles. The normalized spacial score (nSPS) is 13.3. The van der Waals surface area contributed by atoms with E-state index < -0.39 is 23.8 Å². The number of amides is 3. The fourth-order valence-corrected chi connectivity index (χ4v) is 3.07. The molecule has 0 aliphatic carbocycles. The first kappa shape index (κ1) is 26.5. The van der Waals surface area contributed by atoms with Crippen molar-refractivity contribution in [3.8, 4) is 0 Å². The zero-order chi connectivity index (χ0) is 23.8. The van der Waals surface area contributed by atoms with Gasteiger partial charge in [-0.3, -0.25) is 9.59 Å². The van der Waals surface area contributed by atoms with E-state index in [-0.39, 0.29) is 17.9 Å². The van der Waals surface area contributed by atoms with Crippen LogP contribution in [-0.2, 0) is 14.3 Å². The van der Waals surface area contributed by atoms with Crippen molar-refractivity contribution in [3.63, 3.8) is 0 Å². The van der Waals surface area contributed by atoms with Crippen LogP contribution in [0.25, 0.3) is 0 Å². The molecule has 7 nitrogen and oxygen atoms in total. The average Bonchev–Trinajstić information content (AvgIpc) is 2.63. The van der Waals surface area contributed by atoms with Crippen molar-refractivity contribution >= 4 is 17.9 Å². The SMILES string of the molecule is CCCCN(C(=O)C(C)NC(=O)OC(C)(C)C)C(C(=O)NC(C)C)c1ccc(C)cc1. The van der Waals surface area contributed by atoms with E-state index in [0.717, 1.165) is 24.0 Å². The van der Waals surface area contributed by atoms with Gasteiger partial charge in [0, 0.05) is 12.6 Å². The fourth-order valence-electron chi connectivity index (χ4n) is 3.07. The highest BCUT2D eigenvalue weighted by atomic mass is 16.6. The fraction of sp³-hybridized carbons (Fsp3) is 0.625. The van der Waals surface area contributed by atoms with Crippen molar-refractivity contribution in [3.05, 3.63) is 35.4 Å². The number of nitrogens with zero attached hydrogens (tertiary/aromatic N) is 1. The molecule has 2 atom stereocenters. The van der Waals surface area contributed by atoms with E-state index >= 15 is 0 Å². The molecule has 1 aromatic rings. The lowest BCUT2D eigenvalue weighted by Gasteiger charge is -2.34. The Labute approximate surface area is 186 Å². The van der Waals surface area contributed by atoms with Crippen LogP contribution in [-0.4, -0.2) is 47.0 Å². The molecular formula is C24H39N3O4. The van der Waals surface area contributed by atoms with Crippen molar-refractivity contribution in [1.82, 2.24) is 15.5 Å². The minimum atomic E-state index is -0.841. The second kappa shape index (κ2) is 11.7. The maximum Gasteiger partial charge on any atom is 0.408 e. The van der Waals surface area contributed by atoms with E-state index in [1.807, 2.05) is 52.0 Å². The second-order valence-corrected chi connectivity index (χ2v) is 9.23. The average molecular weight is 434 g/mol. The topological polar surface area (TPSA) is 87.7 Å². The van der Waals surface area contributed by atoms with Gasteiger partial charge in [-0.2, -0.15) is 0 Å². The summed E-state index contributed by atoms with van der Waals surface area (Å²) in [4.78, 5) is 40.3. The van der Waals surface area contributed by atoms with Crippen LogP contribution in [0, 0.1) is 6.92 Å². The van der Waals surface area contributed by atoms with Gasteiger partial charge in [-0.1, -0.05) is 43.2 Å². The summed E-state index contributed by atoms with van der Waals surface area (Å²) >= 11 is 0. The monoisotopic (exact) mass is 433 g/mol. The Bertz CT molecular complexity index is 738. The van der Waals surface area contributed by atoms with E-state index in [0.29, 0.717) is 6.54 Å². The van der Waals surface area contributed by atoms with Crippen molar-refractivity contribution in [1.29, 1.82) is 0 Å². The number of carbonyl (C=O) groups is 3. The number of rotatable bonds is 9. The molecule has 0 fully saturated rings. The quantitative estimate of drug-likeness (QED) is 0.614. The van der Waals surface area contributed by atoms with Gasteiger partial charge in [0.05, 0.1) is 0 Å². The van der Waals surface area contributed by atoms with Crippen LogP contribution in [0.3, 0.4) is 0 Å². The number of carbonyl (C=O) groups excluding carboxylic acids is 3. The first-order valence-electron chi connectivity index (χ1n) is 11.0. The van der Waals surface area contributed by atoms with Gasteiger partial charge in [0.2, 0.25) is 11.8 Å². The van der Waals surface area contributed by atoms with Gasteiger partial charge in [0.15, 0.2) is 0 Å². The molecule has 0 radical (unpaired) electrons. The Balaban J connectivity index is 3.23. The summed E-state index contributed by atoms with van der Waals surface area (Å²) < 4.78 is 5.28. The number of ether oxygens (including phenoxy) is 1. The molecule has 0 saturated carbocycles. The molecule has 3 amide bonds. The van der Waals surface area contributed by atoms with Crippen LogP contribution in [0.2, 0.25) is 0 Å². The first-order valence-corrected chi connectivity index (χ1v) is 11.0. The summed E-state index contributed by atoms with van der Waals surface area (Å²) in [7, 11) is 0. The van der Waals surface area contributed by atoms with Crippen LogP contribution < -0.4 is 10.6 Å². The number of nitrogens with one attached hydrogen (secondary N) is 2. The summed E-state index contributed by atoms with van der Waals surface area (Å²) in [6.45, 7) is 15.1. The lowest BCUT2D eigenvalue weighted by molar-refractivity contribution is -0.142. The molecule has 7 heteroatoms. The number of benzene rings is 1. The molecule has 31 heavy (non-hydrogen) atoms. The number of unbranched alkanes of at least 4 members (excludes halogenated alkanes) is 1. The summed E-state index contributed by atoms with van der Waals surface area (Å²) in [5, 5.41) is 5.54. The van der Waals surface area contributed by atoms with E-state index in [9.17, 15) is 14.4 Å². The zero-order valence-corrected chi connectivity index (χ0v) is 20.2. The van der Waals surface area contributed by atoms with Gasteiger partial charge in [0.25, 0.3) is 0 Å². The third-order valence-electron chi connectivity index (χ3n) is 4.52. The Kier molecular flexibility index (Phi) is 10.0. The van der Waals surface area contributed by atoms with Crippen molar-refractivity contribution in [2.75, 3.05) is 6.54 Å². The molecular weight excluding hydrogens is 394 g/mol. The van der Waals surface area contributed by atoms with Crippen LogP contribution in [0.4, 0.5) is 4.79 Å². The molecule has 2 unspecified atom stereocenters. The van der Waals surface area contributed by atoms with E-state index in [1.54, 1.807) is 32.6 Å². The lowest BCUT2D eigenvalue weighted by Crippen LogP contribution is -2.52. The third kappa shape index (κ3) is 8.99. The van der Waals surface area contributed by atoms with Crippen LogP contribution in [0.1, 0.15) is 78.5 Å². The number of hydrogen-bond donors (Lipinski definition) is 2. The Hall–Kier alpha value is -2.57. The second-order valence-electron chi connectivity index (χ2n) is 9.23. The molecule has 0 aliphatic rings. The predicted octanol–water partition coefficient (Wildman–Crippen LogP) is 4.10. The summed E-state index contributed by atoms with van der Waals surface area (Å²) in [5.41, 5.74) is 1.13. The smallest absolute Gasteiger partial charge is 0.408 e. The van der Waals surface area contributed by atoms with Gasteiger partial charge >= 0.3 is 6.09 Å². The molecule has 174 valence electrons. The zero-order valence-electron chi connectivity index (χ0n) is 20.2. The van der Waals surface area contributed by atoms with Crippen molar-refractivity contribution in [2.45, 2.75) is 92.0 Å². The highest BCUT2D eigenvalue weighted by Gasteiger charge is 2.34. The molecule has 2 N–H and O–H groups in total. The van der Waals surface area contributed by atoms with Gasteiger partial charge in [0.1, 0.15) is 17.7 Å². The molecule has 0 bridgehead atoms. The molecule has 0 saturated heterocycles. The van der Waals surface area contributed by atoms with Gasteiger partial charge in [-0.15, -0.1) is 0 Å². The summed E-state index contributed by atoms with van der Waals surface area (Å²) in [5.74, 6) is -0.573. The number of aryl methyl sites for hydroxylation is 1. The van der Waals surface area contributed by atoms with E-state index in [4.69, 9.17) is 4.74 Å². The van der Waals surface area contributed by atoms with Gasteiger partial charge in [-0.05, 0) is 60.5 Å². The van der Waals surface area contributed by atoms with Crippen molar-refractivity contribution in [2.24, 2.45) is 0 Å². The molecule has 0 spiro atoms. The Morgan fingerprint density at radius 1 is 1.03 bits per heavy atom. The van der Waals surface area contributed by atoms with E-state index in [2.05, 4.69) is 10.6 Å². The number of hydrogen-bond acceptors (Lipinski definition) is 4. The maximum absolute atomic E-state index is 13.4. The molecule has 1 aromatic carbocycles. The molecule has 1 rings (SSSR count). The van der Waals surface area contributed by atoms with E-state index in [1.165, 1.54) is 0 Å².